The summed E-state index contributed by atoms with van der Waals surface area (Å²) in [5, 5.41) is 0. The average Bonchev–Trinajstić information content (AvgIpc) is 2.98. The van der Waals surface area contributed by atoms with E-state index in [0.717, 1.165) is 45.3 Å². The number of amides is 1. The second-order valence-electron chi connectivity index (χ2n) is 6.29. The molecule has 104 valence electrons. The van der Waals surface area contributed by atoms with Crippen LogP contribution in [-0.2, 0) is 4.79 Å². The van der Waals surface area contributed by atoms with Crippen LogP contribution in [0.5, 0.6) is 0 Å². The molecular weight excluding hydrogens is 226 g/mol. The number of nitrogens with two attached hydrogens (primary N) is 1. The Hall–Kier alpha value is -0.610. The van der Waals surface area contributed by atoms with Gasteiger partial charge in [-0.15, -0.1) is 0 Å². The van der Waals surface area contributed by atoms with Gasteiger partial charge in [-0.25, -0.2) is 0 Å². The second-order valence-corrected chi connectivity index (χ2v) is 6.29. The van der Waals surface area contributed by atoms with Gasteiger partial charge >= 0.3 is 0 Å². The summed E-state index contributed by atoms with van der Waals surface area (Å²) in [4.78, 5) is 16.9. The minimum atomic E-state index is -0.237. The molecule has 0 aromatic carbocycles. The van der Waals surface area contributed by atoms with Crippen LogP contribution < -0.4 is 5.73 Å². The van der Waals surface area contributed by atoms with Crippen molar-refractivity contribution in [3.8, 4) is 0 Å². The van der Waals surface area contributed by atoms with Gasteiger partial charge in [0.15, 0.2) is 0 Å². The summed E-state index contributed by atoms with van der Waals surface area (Å²) in [6.07, 6.45) is 5.49. The monoisotopic (exact) mass is 253 g/mol. The fourth-order valence-electron chi connectivity index (χ4n) is 3.61. The maximum absolute atomic E-state index is 12.6. The molecule has 0 aromatic rings. The predicted molar refractivity (Wildman–Crippen MR) is 73.2 cm³/mol. The van der Waals surface area contributed by atoms with Gasteiger partial charge in [0.05, 0.1) is 5.41 Å². The van der Waals surface area contributed by atoms with Gasteiger partial charge in [-0.2, -0.15) is 0 Å². The summed E-state index contributed by atoms with van der Waals surface area (Å²) < 4.78 is 0. The van der Waals surface area contributed by atoms with Gasteiger partial charge < -0.3 is 15.5 Å². The highest BCUT2D eigenvalue weighted by Crippen LogP contribution is 2.38. The molecule has 0 radical (unpaired) electrons. The number of hydrogen-bond acceptors (Lipinski definition) is 3. The van der Waals surface area contributed by atoms with Crippen molar-refractivity contribution in [3.63, 3.8) is 0 Å². The van der Waals surface area contributed by atoms with Crippen LogP contribution in [0.25, 0.3) is 0 Å². The van der Waals surface area contributed by atoms with E-state index < -0.39 is 0 Å². The van der Waals surface area contributed by atoms with E-state index in [4.69, 9.17) is 5.73 Å². The Morgan fingerprint density at radius 2 is 2.11 bits per heavy atom. The molecule has 18 heavy (non-hydrogen) atoms. The zero-order valence-corrected chi connectivity index (χ0v) is 11.8. The van der Waals surface area contributed by atoms with Crippen LogP contribution in [-0.4, -0.2) is 56.0 Å². The zero-order valence-electron chi connectivity index (χ0n) is 11.8. The Morgan fingerprint density at radius 3 is 2.61 bits per heavy atom. The average molecular weight is 253 g/mol. The van der Waals surface area contributed by atoms with Gasteiger partial charge in [-0.3, -0.25) is 4.79 Å². The number of carbonyl (C=O) groups is 1. The molecule has 4 nitrogen and oxygen atoms in total. The molecule has 1 unspecified atom stereocenters. The summed E-state index contributed by atoms with van der Waals surface area (Å²) in [5.41, 5.74) is 5.65. The van der Waals surface area contributed by atoms with Crippen LogP contribution in [0.3, 0.4) is 0 Å². The van der Waals surface area contributed by atoms with Crippen molar-refractivity contribution in [2.24, 2.45) is 17.1 Å². The van der Waals surface area contributed by atoms with Crippen LogP contribution >= 0.6 is 0 Å². The summed E-state index contributed by atoms with van der Waals surface area (Å²) >= 11 is 0. The molecule has 1 saturated carbocycles. The highest BCUT2D eigenvalue weighted by atomic mass is 16.2. The van der Waals surface area contributed by atoms with Crippen molar-refractivity contribution in [1.82, 2.24) is 9.80 Å². The Bertz CT molecular complexity index is 299. The van der Waals surface area contributed by atoms with Crippen molar-refractivity contribution >= 4 is 5.91 Å². The van der Waals surface area contributed by atoms with E-state index in [2.05, 4.69) is 11.9 Å². The van der Waals surface area contributed by atoms with E-state index in [-0.39, 0.29) is 11.3 Å². The first-order valence-corrected chi connectivity index (χ1v) is 7.21. The quantitative estimate of drug-likeness (QED) is 0.810. The fraction of sp³-hybridized carbons (Fsp3) is 0.929. The van der Waals surface area contributed by atoms with Crippen LogP contribution in [0.4, 0.5) is 0 Å². The zero-order chi connectivity index (χ0) is 13.2. The smallest absolute Gasteiger partial charge is 0.229 e. The van der Waals surface area contributed by atoms with Crippen LogP contribution in [0, 0.1) is 11.3 Å². The normalized spacial score (nSPS) is 27.6. The number of carbonyl (C=O) groups excluding carboxylic acids is 1. The predicted octanol–water partition coefficient (Wildman–Crippen LogP) is 0.916. The lowest BCUT2D eigenvalue weighted by molar-refractivity contribution is -0.140. The van der Waals surface area contributed by atoms with E-state index >= 15 is 0 Å². The molecule has 2 N–H and O–H groups in total. The largest absolute Gasteiger partial charge is 0.345 e. The Morgan fingerprint density at radius 1 is 1.44 bits per heavy atom. The first kappa shape index (κ1) is 13.8. The molecule has 0 aromatic heterocycles. The highest BCUT2D eigenvalue weighted by molar-refractivity contribution is 5.83. The minimum Gasteiger partial charge on any atom is -0.345 e. The molecular formula is C14H27N3O. The van der Waals surface area contributed by atoms with Crippen LogP contribution in [0.1, 0.15) is 32.1 Å². The SMILES string of the molecule is CN1CCC(CN(C)C(=O)C2(CN)CCCC2)C1. The van der Waals surface area contributed by atoms with Crippen molar-refractivity contribution in [3.05, 3.63) is 0 Å². The molecule has 1 aliphatic carbocycles. The fourth-order valence-corrected chi connectivity index (χ4v) is 3.61. The van der Waals surface area contributed by atoms with Crippen LogP contribution in [0.2, 0.25) is 0 Å². The summed E-state index contributed by atoms with van der Waals surface area (Å²) in [6, 6.07) is 0. The molecule has 0 spiro atoms. The van der Waals surface area contributed by atoms with Gasteiger partial charge in [-0.05, 0) is 38.8 Å². The molecule has 1 heterocycles. The molecule has 1 saturated heterocycles. The molecule has 4 heteroatoms. The van der Waals surface area contributed by atoms with E-state index in [1.165, 1.54) is 6.42 Å². The van der Waals surface area contributed by atoms with Gasteiger partial charge in [-0.1, -0.05) is 12.8 Å². The van der Waals surface area contributed by atoms with Gasteiger partial charge in [0.25, 0.3) is 0 Å². The minimum absolute atomic E-state index is 0.237. The first-order valence-electron chi connectivity index (χ1n) is 7.21. The summed E-state index contributed by atoms with van der Waals surface area (Å²) in [6.45, 7) is 3.69. The molecule has 2 aliphatic rings. The standard InChI is InChI=1S/C14H27N3O/c1-16-8-5-12(9-16)10-17(2)13(18)14(11-15)6-3-4-7-14/h12H,3-11,15H2,1-2H3. The molecule has 1 amide bonds. The number of rotatable bonds is 4. The Balaban J connectivity index is 1.91. The van der Waals surface area contributed by atoms with Gasteiger partial charge in [0.2, 0.25) is 5.91 Å². The van der Waals surface area contributed by atoms with Crippen LogP contribution in [0.15, 0.2) is 0 Å². The number of hydrogen-bond donors (Lipinski definition) is 1. The Labute approximate surface area is 110 Å². The van der Waals surface area contributed by atoms with E-state index in [1.807, 2.05) is 11.9 Å². The molecule has 0 bridgehead atoms. The maximum Gasteiger partial charge on any atom is 0.229 e. The van der Waals surface area contributed by atoms with Crippen molar-refractivity contribution in [1.29, 1.82) is 0 Å². The number of likely N-dealkylation sites (tertiary alicyclic amines) is 1. The highest BCUT2D eigenvalue weighted by Gasteiger charge is 2.41. The van der Waals surface area contributed by atoms with E-state index in [9.17, 15) is 4.79 Å². The molecule has 2 fully saturated rings. The van der Waals surface area contributed by atoms with E-state index in [0.29, 0.717) is 12.5 Å². The summed E-state index contributed by atoms with van der Waals surface area (Å²) in [5.74, 6) is 0.928. The van der Waals surface area contributed by atoms with Crippen molar-refractivity contribution < 1.29 is 4.79 Å². The van der Waals surface area contributed by atoms with E-state index in [1.54, 1.807) is 0 Å². The third-order valence-corrected chi connectivity index (χ3v) is 4.77. The lowest BCUT2D eigenvalue weighted by atomic mass is 9.84. The maximum atomic E-state index is 12.6. The third-order valence-electron chi connectivity index (χ3n) is 4.77. The molecule has 2 rings (SSSR count). The lowest BCUT2D eigenvalue weighted by Crippen LogP contribution is -2.46. The van der Waals surface area contributed by atoms with Gasteiger partial charge in [0, 0.05) is 26.7 Å². The lowest BCUT2D eigenvalue weighted by Gasteiger charge is -2.32. The van der Waals surface area contributed by atoms with Crippen molar-refractivity contribution in [2.45, 2.75) is 32.1 Å². The Kier molecular flexibility index (Phi) is 4.28. The second kappa shape index (κ2) is 5.57. The molecule has 1 aliphatic heterocycles. The third kappa shape index (κ3) is 2.69. The van der Waals surface area contributed by atoms with Gasteiger partial charge in [0.1, 0.15) is 0 Å². The van der Waals surface area contributed by atoms with Crippen molar-refractivity contribution in [2.75, 3.05) is 40.3 Å². The topological polar surface area (TPSA) is 49.6 Å². The first-order chi connectivity index (χ1) is 8.57. The number of nitrogens with zero attached hydrogens (tertiary/aromatic N) is 2. The molecule has 1 atom stereocenters. The summed E-state index contributed by atoms with van der Waals surface area (Å²) in [7, 11) is 4.11.